The van der Waals surface area contributed by atoms with Crippen LogP contribution in [-0.4, -0.2) is 6.04 Å². The Morgan fingerprint density at radius 1 is 1.06 bits per heavy atom. The van der Waals surface area contributed by atoms with Crippen LogP contribution in [-0.2, 0) is 0 Å². The molecule has 0 radical (unpaired) electrons. The Bertz CT molecular complexity index is 453. The highest BCUT2D eigenvalue weighted by Crippen LogP contribution is 2.59. The summed E-state index contributed by atoms with van der Waals surface area (Å²) in [6, 6.07) is 9.63. The lowest BCUT2D eigenvalue weighted by Crippen LogP contribution is -2.33. The molecule has 0 aromatic heterocycles. The monoisotopic (exact) mass is 241 g/mol. The normalized spacial score (nSPS) is 41.1. The number of rotatable bonds is 2. The molecule has 1 N–H and O–H groups in total. The van der Waals surface area contributed by atoms with E-state index in [0.717, 1.165) is 29.7 Å². The van der Waals surface area contributed by atoms with Crippen LogP contribution in [0.2, 0.25) is 0 Å². The van der Waals surface area contributed by atoms with Gasteiger partial charge in [0, 0.05) is 11.7 Å². The number of aryl methyl sites for hydroxylation is 1. The molecule has 1 aromatic rings. The van der Waals surface area contributed by atoms with Gasteiger partial charge in [0.15, 0.2) is 0 Å². The van der Waals surface area contributed by atoms with Crippen LogP contribution in [0.5, 0.6) is 0 Å². The molecule has 18 heavy (non-hydrogen) atoms. The smallest absolute Gasteiger partial charge is 0.0345 e. The minimum absolute atomic E-state index is 0.760. The summed E-state index contributed by atoms with van der Waals surface area (Å²) >= 11 is 0. The zero-order valence-electron chi connectivity index (χ0n) is 11.2. The van der Waals surface area contributed by atoms with Crippen LogP contribution in [0.4, 0.5) is 5.69 Å². The van der Waals surface area contributed by atoms with Gasteiger partial charge in [0.25, 0.3) is 0 Å². The van der Waals surface area contributed by atoms with Crippen LogP contribution in [0, 0.1) is 30.6 Å². The highest BCUT2D eigenvalue weighted by atomic mass is 14.9. The van der Waals surface area contributed by atoms with Gasteiger partial charge >= 0.3 is 0 Å². The molecular weight excluding hydrogens is 218 g/mol. The molecule has 1 aromatic carbocycles. The summed E-state index contributed by atoms with van der Waals surface area (Å²) in [5.41, 5.74) is 2.70. The van der Waals surface area contributed by atoms with Crippen molar-refractivity contribution in [2.75, 3.05) is 5.32 Å². The van der Waals surface area contributed by atoms with Crippen molar-refractivity contribution in [1.82, 2.24) is 0 Å². The number of benzene rings is 1. The van der Waals surface area contributed by atoms with E-state index in [2.05, 4.69) is 36.5 Å². The van der Waals surface area contributed by atoms with E-state index in [1.54, 1.807) is 0 Å². The average molecular weight is 241 g/mol. The molecule has 4 rings (SSSR count). The van der Waals surface area contributed by atoms with E-state index in [4.69, 9.17) is 0 Å². The number of anilines is 1. The first-order valence-corrected chi connectivity index (χ1v) is 7.64. The number of fused-ring (bicyclic) bond motifs is 5. The molecular formula is C17H23N. The molecule has 0 saturated heterocycles. The molecule has 5 unspecified atom stereocenters. The second kappa shape index (κ2) is 4.01. The van der Waals surface area contributed by atoms with E-state index < -0.39 is 0 Å². The standard InChI is InChI=1S/C17H23N/c1-11-4-2-5-13(8-11)18-17-10-12-9-16(17)15-7-3-6-14(12)15/h2,4-5,8,12,14-18H,3,6-7,9-10H2,1H3. The first-order chi connectivity index (χ1) is 8.81. The fourth-order valence-corrected chi connectivity index (χ4v) is 5.18. The molecule has 0 amide bonds. The van der Waals surface area contributed by atoms with Gasteiger partial charge in [-0.15, -0.1) is 0 Å². The van der Waals surface area contributed by atoms with Crippen molar-refractivity contribution in [3.8, 4) is 0 Å². The second-order valence-electron chi connectivity index (χ2n) is 6.77. The second-order valence-corrected chi connectivity index (χ2v) is 6.77. The van der Waals surface area contributed by atoms with Crippen LogP contribution in [0.25, 0.3) is 0 Å². The molecule has 2 bridgehead atoms. The van der Waals surface area contributed by atoms with E-state index in [0.29, 0.717) is 0 Å². The summed E-state index contributed by atoms with van der Waals surface area (Å²) in [6.45, 7) is 2.18. The maximum Gasteiger partial charge on any atom is 0.0345 e. The zero-order valence-corrected chi connectivity index (χ0v) is 11.2. The fourth-order valence-electron chi connectivity index (χ4n) is 5.18. The van der Waals surface area contributed by atoms with Gasteiger partial charge in [0.1, 0.15) is 0 Å². The maximum atomic E-state index is 3.83. The molecule has 3 saturated carbocycles. The van der Waals surface area contributed by atoms with Crippen molar-refractivity contribution >= 4 is 5.69 Å². The Morgan fingerprint density at radius 3 is 2.83 bits per heavy atom. The molecule has 0 spiro atoms. The summed E-state index contributed by atoms with van der Waals surface area (Å²) in [5.74, 6) is 4.18. The van der Waals surface area contributed by atoms with Crippen LogP contribution >= 0.6 is 0 Å². The Labute approximate surface area is 110 Å². The van der Waals surface area contributed by atoms with Crippen molar-refractivity contribution in [3.05, 3.63) is 29.8 Å². The van der Waals surface area contributed by atoms with Crippen LogP contribution in [0.3, 0.4) is 0 Å². The highest BCUT2D eigenvalue weighted by Gasteiger charge is 2.53. The van der Waals surface area contributed by atoms with Crippen molar-refractivity contribution in [1.29, 1.82) is 0 Å². The Morgan fingerprint density at radius 2 is 1.94 bits per heavy atom. The van der Waals surface area contributed by atoms with Gasteiger partial charge in [0.05, 0.1) is 0 Å². The number of nitrogens with one attached hydrogen (secondary N) is 1. The van der Waals surface area contributed by atoms with Crippen molar-refractivity contribution in [3.63, 3.8) is 0 Å². The predicted molar refractivity (Wildman–Crippen MR) is 75.6 cm³/mol. The Hall–Kier alpha value is -0.980. The summed E-state index contributed by atoms with van der Waals surface area (Å²) in [7, 11) is 0. The largest absolute Gasteiger partial charge is 0.382 e. The Kier molecular flexibility index (Phi) is 2.43. The molecule has 3 fully saturated rings. The summed E-state index contributed by atoms with van der Waals surface area (Å²) in [4.78, 5) is 0. The van der Waals surface area contributed by atoms with Gasteiger partial charge < -0.3 is 5.32 Å². The third kappa shape index (κ3) is 1.60. The first kappa shape index (κ1) is 10.9. The topological polar surface area (TPSA) is 12.0 Å². The van der Waals surface area contributed by atoms with Gasteiger partial charge in [-0.05, 0) is 74.0 Å². The molecule has 1 heteroatoms. The van der Waals surface area contributed by atoms with E-state index >= 15 is 0 Å². The molecule has 96 valence electrons. The fraction of sp³-hybridized carbons (Fsp3) is 0.647. The predicted octanol–water partition coefficient (Wildman–Crippen LogP) is 4.23. The summed E-state index contributed by atoms with van der Waals surface area (Å²) < 4.78 is 0. The van der Waals surface area contributed by atoms with Gasteiger partial charge in [0.2, 0.25) is 0 Å². The van der Waals surface area contributed by atoms with E-state index in [-0.39, 0.29) is 0 Å². The molecule has 3 aliphatic carbocycles. The van der Waals surface area contributed by atoms with Gasteiger partial charge in [-0.1, -0.05) is 18.6 Å². The van der Waals surface area contributed by atoms with E-state index in [1.807, 2.05) is 0 Å². The van der Waals surface area contributed by atoms with Gasteiger partial charge in [-0.2, -0.15) is 0 Å². The first-order valence-electron chi connectivity index (χ1n) is 7.64. The van der Waals surface area contributed by atoms with E-state index in [1.165, 1.54) is 43.4 Å². The molecule has 3 aliphatic rings. The molecule has 0 aliphatic heterocycles. The van der Waals surface area contributed by atoms with Gasteiger partial charge in [-0.3, -0.25) is 0 Å². The zero-order chi connectivity index (χ0) is 12.1. The van der Waals surface area contributed by atoms with Crippen LogP contribution < -0.4 is 5.32 Å². The third-order valence-corrected chi connectivity index (χ3v) is 5.80. The SMILES string of the molecule is Cc1cccc(NC2CC3CC2C2CCCC32)c1. The Balaban J connectivity index is 1.51. The lowest BCUT2D eigenvalue weighted by Gasteiger charge is -2.32. The molecule has 0 heterocycles. The van der Waals surface area contributed by atoms with Crippen molar-refractivity contribution in [2.24, 2.45) is 23.7 Å². The van der Waals surface area contributed by atoms with Crippen LogP contribution in [0.15, 0.2) is 24.3 Å². The van der Waals surface area contributed by atoms with Crippen molar-refractivity contribution < 1.29 is 0 Å². The van der Waals surface area contributed by atoms with Crippen LogP contribution in [0.1, 0.15) is 37.7 Å². The minimum atomic E-state index is 0.760. The maximum absolute atomic E-state index is 3.83. The lowest BCUT2D eigenvalue weighted by molar-refractivity contribution is 0.243. The average Bonchev–Trinajstić information content (AvgIpc) is 2.99. The lowest BCUT2D eigenvalue weighted by atomic mass is 9.79. The number of hydrogen-bond donors (Lipinski definition) is 1. The summed E-state index contributed by atoms with van der Waals surface area (Å²) in [5, 5.41) is 3.83. The molecule has 1 nitrogen and oxygen atoms in total. The minimum Gasteiger partial charge on any atom is -0.382 e. The molecule has 5 atom stereocenters. The van der Waals surface area contributed by atoms with Gasteiger partial charge in [-0.25, -0.2) is 0 Å². The van der Waals surface area contributed by atoms with Crippen molar-refractivity contribution in [2.45, 2.75) is 45.1 Å². The quantitative estimate of drug-likeness (QED) is 0.817. The highest BCUT2D eigenvalue weighted by molar-refractivity contribution is 5.46. The summed E-state index contributed by atoms with van der Waals surface area (Å²) in [6.07, 6.45) is 7.49. The number of hydrogen-bond acceptors (Lipinski definition) is 1. The van der Waals surface area contributed by atoms with E-state index in [9.17, 15) is 0 Å². The third-order valence-electron chi connectivity index (χ3n) is 5.80.